The Bertz CT molecular complexity index is 259. The van der Waals surface area contributed by atoms with Gasteiger partial charge >= 0.3 is 0 Å². The molecule has 1 heterocycles. The maximum Gasteiger partial charge on any atom is 0.221 e. The standard InChI is InChI=1S/C9H15N3O2/c1-2-10-5-4-9(13)11-7-8-3-6-12-14-8/h3,6,10H,2,4-5,7H2,1H3,(H,11,13). The molecule has 1 amide bonds. The fraction of sp³-hybridized carbons (Fsp3) is 0.556. The van der Waals surface area contributed by atoms with Crippen LogP contribution in [0.2, 0.25) is 0 Å². The van der Waals surface area contributed by atoms with Crippen LogP contribution < -0.4 is 10.6 Å². The van der Waals surface area contributed by atoms with Crippen molar-refractivity contribution < 1.29 is 9.32 Å². The third-order valence-corrected chi connectivity index (χ3v) is 1.73. The Balaban J connectivity index is 2.09. The molecule has 0 unspecified atom stereocenters. The first-order chi connectivity index (χ1) is 6.83. The molecule has 0 aliphatic rings. The molecule has 0 fully saturated rings. The minimum atomic E-state index is 0.0161. The quantitative estimate of drug-likeness (QED) is 0.643. The number of carbonyl (C=O) groups is 1. The van der Waals surface area contributed by atoms with E-state index in [0.29, 0.717) is 25.3 Å². The van der Waals surface area contributed by atoms with Gasteiger partial charge in [0.1, 0.15) is 0 Å². The Hall–Kier alpha value is -1.36. The molecule has 0 atom stereocenters. The van der Waals surface area contributed by atoms with Crippen LogP contribution in [0.15, 0.2) is 16.8 Å². The van der Waals surface area contributed by atoms with Crippen molar-refractivity contribution >= 4 is 5.91 Å². The van der Waals surface area contributed by atoms with Gasteiger partial charge in [0.15, 0.2) is 5.76 Å². The highest BCUT2D eigenvalue weighted by Crippen LogP contribution is 1.94. The molecule has 0 radical (unpaired) electrons. The lowest BCUT2D eigenvalue weighted by atomic mass is 10.3. The summed E-state index contributed by atoms with van der Waals surface area (Å²) in [5, 5.41) is 9.34. The maximum atomic E-state index is 11.2. The smallest absolute Gasteiger partial charge is 0.221 e. The first-order valence-corrected chi connectivity index (χ1v) is 4.70. The molecule has 14 heavy (non-hydrogen) atoms. The average molecular weight is 197 g/mol. The van der Waals surface area contributed by atoms with Gasteiger partial charge in [0.25, 0.3) is 0 Å². The van der Waals surface area contributed by atoms with Gasteiger partial charge in [0.05, 0.1) is 12.7 Å². The van der Waals surface area contributed by atoms with Gasteiger partial charge in [-0.3, -0.25) is 4.79 Å². The predicted molar refractivity (Wildman–Crippen MR) is 51.5 cm³/mol. The summed E-state index contributed by atoms with van der Waals surface area (Å²) >= 11 is 0. The molecule has 0 saturated heterocycles. The molecular weight excluding hydrogens is 182 g/mol. The number of carbonyl (C=O) groups excluding carboxylic acids is 1. The molecule has 0 aliphatic carbocycles. The SMILES string of the molecule is CCNCCC(=O)NCc1ccno1. The van der Waals surface area contributed by atoms with Crippen LogP contribution in [0.4, 0.5) is 0 Å². The topological polar surface area (TPSA) is 67.2 Å². The van der Waals surface area contributed by atoms with Gasteiger partial charge in [0, 0.05) is 19.0 Å². The summed E-state index contributed by atoms with van der Waals surface area (Å²) in [4.78, 5) is 11.2. The molecule has 0 bridgehead atoms. The number of nitrogens with zero attached hydrogens (tertiary/aromatic N) is 1. The molecule has 0 saturated carbocycles. The van der Waals surface area contributed by atoms with Crippen LogP contribution in [0.3, 0.4) is 0 Å². The van der Waals surface area contributed by atoms with Crippen LogP contribution >= 0.6 is 0 Å². The fourth-order valence-corrected chi connectivity index (χ4v) is 0.986. The van der Waals surface area contributed by atoms with Crippen LogP contribution in [0.5, 0.6) is 0 Å². The van der Waals surface area contributed by atoms with Crippen LogP contribution in [0.25, 0.3) is 0 Å². The van der Waals surface area contributed by atoms with Crippen molar-refractivity contribution in [2.45, 2.75) is 19.9 Å². The Morgan fingerprint density at radius 1 is 1.64 bits per heavy atom. The Kier molecular flexibility index (Phi) is 4.71. The highest BCUT2D eigenvalue weighted by Gasteiger charge is 2.01. The summed E-state index contributed by atoms with van der Waals surface area (Å²) in [5.74, 6) is 0.684. The summed E-state index contributed by atoms with van der Waals surface area (Å²) in [6.45, 7) is 4.01. The maximum absolute atomic E-state index is 11.2. The van der Waals surface area contributed by atoms with Crippen molar-refractivity contribution in [1.82, 2.24) is 15.8 Å². The zero-order valence-electron chi connectivity index (χ0n) is 8.25. The third-order valence-electron chi connectivity index (χ3n) is 1.73. The summed E-state index contributed by atoms with van der Waals surface area (Å²) in [6.07, 6.45) is 2.04. The number of rotatable bonds is 6. The van der Waals surface area contributed by atoms with Gasteiger partial charge in [0.2, 0.25) is 5.91 Å². The lowest BCUT2D eigenvalue weighted by molar-refractivity contribution is -0.121. The minimum Gasteiger partial charge on any atom is -0.360 e. The summed E-state index contributed by atoms with van der Waals surface area (Å²) in [7, 11) is 0. The van der Waals surface area contributed by atoms with Crippen LogP contribution in [-0.2, 0) is 11.3 Å². The van der Waals surface area contributed by atoms with Gasteiger partial charge in [-0.15, -0.1) is 0 Å². The van der Waals surface area contributed by atoms with Crippen LogP contribution in [0, 0.1) is 0 Å². The van der Waals surface area contributed by atoms with Gasteiger partial charge in [-0.25, -0.2) is 0 Å². The fourth-order valence-electron chi connectivity index (χ4n) is 0.986. The Labute approximate surface area is 82.8 Å². The van der Waals surface area contributed by atoms with E-state index in [1.165, 1.54) is 0 Å². The lowest BCUT2D eigenvalue weighted by Crippen LogP contribution is -2.27. The van der Waals surface area contributed by atoms with E-state index in [2.05, 4.69) is 15.8 Å². The van der Waals surface area contributed by atoms with Crippen molar-refractivity contribution in [3.8, 4) is 0 Å². The average Bonchev–Trinajstić information content (AvgIpc) is 2.68. The van der Waals surface area contributed by atoms with E-state index in [4.69, 9.17) is 4.52 Å². The first kappa shape index (κ1) is 10.7. The Morgan fingerprint density at radius 3 is 3.14 bits per heavy atom. The summed E-state index contributed by atoms with van der Waals surface area (Å²) < 4.78 is 4.83. The second-order valence-electron chi connectivity index (χ2n) is 2.86. The highest BCUT2D eigenvalue weighted by atomic mass is 16.5. The van der Waals surface area contributed by atoms with E-state index in [1.807, 2.05) is 6.92 Å². The van der Waals surface area contributed by atoms with Gasteiger partial charge in [-0.05, 0) is 6.54 Å². The predicted octanol–water partition coefficient (Wildman–Crippen LogP) is 0.290. The monoisotopic (exact) mass is 197 g/mol. The van der Waals surface area contributed by atoms with E-state index >= 15 is 0 Å². The number of hydrogen-bond donors (Lipinski definition) is 2. The Morgan fingerprint density at radius 2 is 2.50 bits per heavy atom. The van der Waals surface area contributed by atoms with Crippen molar-refractivity contribution in [1.29, 1.82) is 0 Å². The van der Waals surface area contributed by atoms with Gasteiger partial charge in [-0.2, -0.15) is 0 Å². The minimum absolute atomic E-state index is 0.0161. The first-order valence-electron chi connectivity index (χ1n) is 4.70. The molecule has 0 spiro atoms. The zero-order valence-corrected chi connectivity index (χ0v) is 8.25. The molecule has 0 aliphatic heterocycles. The number of aromatic nitrogens is 1. The second-order valence-corrected chi connectivity index (χ2v) is 2.86. The molecule has 1 aromatic heterocycles. The van der Waals surface area contributed by atoms with Crippen molar-refractivity contribution in [3.05, 3.63) is 18.0 Å². The molecule has 5 nitrogen and oxygen atoms in total. The third kappa shape index (κ3) is 4.04. The second kappa shape index (κ2) is 6.15. The molecule has 1 aromatic rings. The van der Waals surface area contributed by atoms with Crippen molar-refractivity contribution in [2.75, 3.05) is 13.1 Å². The normalized spacial score (nSPS) is 10.1. The van der Waals surface area contributed by atoms with Gasteiger partial charge in [-0.1, -0.05) is 12.1 Å². The summed E-state index contributed by atoms with van der Waals surface area (Å²) in [6, 6.07) is 1.73. The molecule has 1 rings (SSSR count). The van der Waals surface area contributed by atoms with Crippen molar-refractivity contribution in [3.63, 3.8) is 0 Å². The van der Waals surface area contributed by atoms with Crippen LogP contribution in [-0.4, -0.2) is 24.2 Å². The molecule has 78 valence electrons. The molecule has 2 N–H and O–H groups in total. The molecular formula is C9H15N3O2. The molecule has 5 heteroatoms. The largest absolute Gasteiger partial charge is 0.360 e. The van der Waals surface area contributed by atoms with E-state index in [-0.39, 0.29) is 5.91 Å². The van der Waals surface area contributed by atoms with Crippen molar-refractivity contribution in [2.24, 2.45) is 0 Å². The molecule has 0 aromatic carbocycles. The van der Waals surface area contributed by atoms with Gasteiger partial charge < -0.3 is 15.2 Å². The van der Waals surface area contributed by atoms with E-state index in [9.17, 15) is 4.79 Å². The lowest BCUT2D eigenvalue weighted by Gasteiger charge is -2.02. The van der Waals surface area contributed by atoms with Crippen LogP contribution in [0.1, 0.15) is 19.1 Å². The van der Waals surface area contributed by atoms with E-state index in [1.54, 1.807) is 12.3 Å². The number of nitrogens with one attached hydrogen (secondary N) is 2. The van der Waals surface area contributed by atoms with E-state index in [0.717, 1.165) is 6.54 Å². The van der Waals surface area contributed by atoms with E-state index < -0.39 is 0 Å². The highest BCUT2D eigenvalue weighted by molar-refractivity contribution is 5.75. The zero-order chi connectivity index (χ0) is 10.2. The number of hydrogen-bond acceptors (Lipinski definition) is 4. The summed E-state index contributed by atoms with van der Waals surface area (Å²) in [5.41, 5.74) is 0. The number of amides is 1.